The van der Waals surface area contributed by atoms with E-state index in [1.165, 1.54) is 10.6 Å². The van der Waals surface area contributed by atoms with Crippen molar-refractivity contribution in [2.45, 2.75) is 20.8 Å². The summed E-state index contributed by atoms with van der Waals surface area (Å²) in [5.74, 6) is 0.598. The molecule has 0 atom stereocenters. The van der Waals surface area contributed by atoms with Gasteiger partial charge in [-0.05, 0) is 50.6 Å². The minimum absolute atomic E-state index is 0.174. The summed E-state index contributed by atoms with van der Waals surface area (Å²) in [6.07, 6.45) is 3.35. The van der Waals surface area contributed by atoms with Crippen LogP contribution in [0.5, 0.6) is 5.75 Å². The van der Waals surface area contributed by atoms with Crippen molar-refractivity contribution in [1.82, 2.24) is 9.47 Å². The molecule has 1 aromatic heterocycles. The summed E-state index contributed by atoms with van der Waals surface area (Å²) >= 11 is 0. The number of amides is 1. The second-order valence-electron chi connectivity index (χ2n) is 5.42. The molecule has 2 rings (SSSR count). The number of nitrogens with zero attached hydrogens (tertiary/aromatic N) is 2. The molecule has 25 heavy (non-hydrogen) atoms. The lowest BCUT2D eigenvalue weighted by Gasteiger charge is -2.21. The van der Waals surface area contributed by atoms with Gasteiger partial charge in [-0.3, -0.25) is 14.2 Å². The molecule has 1 amide bonds. The van der Waals surface area contributed by atoms with Crippen LogP contribution in [0.4, 0.5) is 0 Å². The highest BCUT2D eigenvalue weighted by Crippen LogP contribution is 2.17. The van der Waals surface area contributed by atoms with Gasteiger partial charge in [0, 0.05) is 25.4 Å². The molecule has 0 bridgehead atoms. The van der Waals surface area contributed by atoms with Crippen molar-refractivity contribution in [3.63, 3.8) is 0 Å². The Morgan fingerprint density at radius 3 is 2.32 bits per heavy atom. The van der Waals surface area contributed by atoms with Gasteiger partial charge in [0.2, 0.25) is 0 Å². The van der Waals surface area contributed by atoms with E-state index in [-0.39, 0.29) is 11.5 Å². The number of hydrogen-bond acceptors (Lipinski definition) is 3. The van der Waals surface area contributed by atoms with E-state index in [0.717, 1.165) is 11.3 Å². The van der Waals surface area contributed by atoms with Crippen LogP contribution in [0.3, 0.4) is 0 Å². The zero-order chi connectivity index (χ0) is 18.2. The first-order chi connectivity index (χ1) is 12.1. The highest BCUT2D eigenvalue weighted by atomic mass is 16.5. The van der Waals surface area contributed by atoms with Crippen LogP contribution in [0.2, 0.25) is 0 Å². The van der Waals surface area contributed by atoms with Gasteiger partial charge in [-0.1, -0.05) is 18.2 Å². The molecule has 1 heterocycles. The standard InChI is InChI=1S/C20H24N2O3/c1-4-21(5-2)20(24)18(22-14-8-7-9-19(22)23)15-16-10-12-17(13-11-16)25-6-3/h7-15H,4-6H2,1-3H3/b18-15+. The second-order valence-corrected chi connectivity index (χ2v) is 5.42. The Labute approximate surface area is 148 Å². The summed E-state index contributed by atoms with van der Waals surface area (Å²) in [6.45, 7) is 7.53. The molecule has 0 saturated heterocycles. The first-order valence-corrected chi connectivity index (χ1v) is 8.52. The molecule has 132 valence electrons. The van der Waals surface area contributed by atoms with Gasteiger partial charge in [0.25, 0.3) is 11.5 Å². The van der Waals surface area contributed by atoms with Crippen LogP contribution in [0.1, 0.15) is 26.3 Å². The third-order valence-corrected chi connectivity index (χ3v) is 3.85. The number of ether oxygens (including phenoxy) is 1. The van der Waals surface area contributed by atoms with Gasteiger partial charge in [-0.2, -0.15) is 0 Å². The Bertz CT molecular complexity index is 787. The molecule has 0 unspecified atom stereocenters. The van der Waals surface area contributed by atoms with Crippen LogP contribution in [-0.4, -0.2) is 35.1 Å². The van der Waals surface area contributed by atoms with Crippen LogP contribution in [-0.2, 0) is 4.79 Å². The summed E-state index contributed by atoms with van der Waals surface area (Å²) in [5, 5.41) is 0. The molecule has 0 fully saturated rings. The summed E-state index contributed by atoms with van der Waals surface area (Å²) in [7, 11) is 0. The molecule has 0 N–H and O–H groups in total. The molecular formula is C20H24N2O3. The van der Waals surface area contributed by atoms with Crippen molar-refractivity contribution in [3.8, 4) is 5.75 Å². The third-order valence-electron chi connectivity index (χ3n) is 3.85. The maximum atomic E-state index is 12.9. The van der Waals surface area contributed by atoms with Crippen molar-refractivity contribution in [3.05, 3.63) is 64.6 Å². The number of pyridine rings is 1. The first kappa shape index (κ1) is 18.5. The van der Waals surface area contributed by atoms with Crippen molar-refractivity contribution in [1.29, 1.82) is 0 Å². The lowest BCUT2D eigenvalue weighted by atomic mass is 10.1. The minimum atomic E-state index is -0.236. The Hall–Kier alpha value is -2.82. The summed E-state index contributed by atoms with van der Waals surface area (Å²) in [6, 6.07) is 12.3. The van der Waals surface area contributed by atoms with Crippen molar-refractivity contribution < 1.29 is 9.53 Å². The van der Waals surface area contributed by atoms with E-state index in [9.17, 15) is 9.59 Å². The maximum Gasteiger partial charge on any atom is 0.270 e. The molecule has 1 aromatic carbocycles. The van der Waals surface area contributed by atoms with E-state index in [4.69, 9.17) is 4.74 Å². The normalized spacial score (nSPS) is 11.2. The van der Waals surface area contributed by atoms with Gasteiger partial charge < -0.3 is 9.64 Å². The molecule has 0 radical (unpaired) electrons. The number of likely N-dealkylation sites (N-methyl/N-ethyl adjacent to an activating group) is 1. The highest BCUT2D eigenvalue weighted by molar-refractivity contribution is 6.18. The number of rotatable bonds is 7. The number of carbonyl (C=O) groups excluding carboxylic acids is 1. The monoisotopic (exact) mass is 340 g/mol. The lowest BCUT2D eigenvalue weighted by molar-refractivity contribution is -0.125. The van der Waals surface area contributed by atoms with Gasteiger partial charge in [0.05, 0.1) is 6.61 Å². The Morgan fingerprint density at radius 2 is 1.76 bits per heavy atom. The van der Waals surface area contributed by atoms with Gasteiger partial charge in [-0.25, -0.2) is 0 Å². The molecule has 0 aliphatic heterocycles. The van der Waals surface area contributed by atoms with Crippen LogP contribution < -0.4 is 10.3 Å². The molecule has 2 aromatic rings. The van der Waals surface area contributed by atoms with E-state index in [1.54, 1.807) is 29.3 Å². The lowest BCUT2D eigenvalue weighted by Crippen LogP contribution is -2.35. The summed E-state index contributed by atoms with van der Waals surface area (Å²) < 4.78 is 6.83. The Kier molecular flexibility index (Phi) is 6.57. The molecule has 0 spiro atoms. The zero-order valence-corrected chi connectivity index (χ0v) is 14.9. The average molecular weight is 340 g/mol. The van der Waals surface area contributed by atoms with Crippen molar-refractivity contribution in [2.24, 2.45) is 0 Å². The van der Waals surface area contributed by atoms with Crippen LogP contribution in [0.15, 0.2) is 53.5 Å². The summed E-state index contributed by atoms with van der Waals surface area (Å²) in [4.78, 5) is 26.8. The van der Waals surface area contributed by atoms with E-state index in [0.29, 0.717) is 25.4 Å². The van der Waals surface area contributed by atoms with Crippen LogP contribution in [0, 0.1) is 0 Å². The number of carbonyl (C=O) groups is 1. The van der Waals surface area contributed by atoms with E-state index < -0.39 is 0 Å². The zero-order valence-electron chi connectivity index (χ0n) is 14.9. The molecule has 5 nitrogen and oxygen atoms in total. The molecule has 0 aliphatic carbocycles. The third kappa shape index (κ3) is 4.59. The minimum Gasteiger partial charge on any atom is -0.494 e. The topological polar surface area (TPSA) is 51.5 Å². The molecule has 0 aliphatic rings. The Morgan fingerprint density at radius 1 is 1.08 bits per heavy atom. The second kappa shape index (κ2) is 8.87. The van der Waals surface area contributed by atoms with Gasteiger partial charge in [0.15, 0.2) is 0 Å². The van der Waals surface area contributed by atoms with E-state index in [2.05, 4.69) is 0 Å². The number of aromatic nitrogens is 1. The fourth-order valence-corrected chi connectivity index (χ4v) is 2.52. The molecule has 5 heteroatoms. The van der Waals surface area contributed by atoms with Gasteiger partial charge in [-0.15, -0.1) is 0 Å². The SMILES string of the molecule is CCOc1ccc(/C=C(\C(=O)N(CC)CC)n2ccccc2=O)cc1. The largest absolute Gasteiger partial charge is 0.494 e. The predicted octanol–water partition coefficient (Wildman–Crippen LogP) is 3.11. The molecular weight excluding hydrogens is 316 g/mol. The fourth-order valence-electron chi connectivity index (χ4n) is 2.52. The highest BCUT2D eigenvalue weighted by Gasteiger charge is 2.18. The number of benzene rings is 1. The van der Waals surface area contributed by atoms with Gasteiger partial charge in [0.1, 0.15) is 11.4 Å². The average Bonchev–Trinajstić information content (AvgIpc) is 2.63. The quantitative estimate of drug-likeness (QED) is 0.728. The van der Waals surface area contributed by atoms with Crippen molar-refractivity contribution in [2.75, 3.05) is 19.7 Å². The maximum absolute atomic E-state index is 12.9. The van der Waals surface area contributed by atoms with Crippen molar-refractivity contribution >= 4 is 17.7 Å². The number of hydrogen-bond donors (Lipinski definition) is 0. The van der Waals surface area contributed by atoms with E-state index in [1.807, 2.05) is 45.0 Å². The molecule has 0 saturated carbocycles. The Balaban J connectivity index is 2.49. The van der Waals surface area contributed by atoms with Crippen LogP contribution in [0.25, 0.3) is 11.8 Å². The summed E-state index contributed by atoms with van der Waals surface area (Å²) in [5.41, 5.74) is 0.924. The fraction of sp³-hybridized carbons (Fsp3) is 0.300. The van der Waals surface area contributed by atoms with Gasteiger partial charge >= 0.3 is 0 Å². The first-order valence-electron chi connectivity index (χ1n) is 8.52. The van der Waals surface area contributed by atoms with Crippen LogP contribution >= 0.6 is 0 Å². The predicted molar refractivity (Wildman–Crippen MR) is 100 cm³/mol. The smallest absolute Gasteiger partial charge is 0.270 e. The van der Waals surface area contributed by atoms with E-state index >= 15 is 0 Å².